The predicted molar refractivity (Wildman–Crippen MR) is 120 cm³/mol. The van der Waals surface area contributed by atoms with Gasteiger partial charge in [-0.25, -0.2) is 4.98 Å². The first kappa shape index (κ1) is 22.6. The molecular weight excluding hydrogens is 431 g/mol. The summed E-state index contributed by atoms with van der Waals surface area (Å²) in [7, 11) is 0. The van der Waals surface area contributed by atoms with Gasteiger partial charge in [0.1, 0.15) is 11.6 Å². The molecule has 1 aliphatic rings. The molecular formula is C25H24F3N3O2. The van der Waals surface area contributed by atoms with Crippen molar-refractivity contribution < 1.29 is 22.7 Å². The zero-order chi connectivity index (χ0) is 23.4. The lowest BCUT2D eigenvalue weighted by atomic mass is 10.1. The van der Waals surface area contributed by atoms with E-state index >= 15 is 0 Å². The normalized spacial score (nSPS) is 15.3. The molecule has 1 fully saturated rings. The summed E-state index contributed by atoms with van der Waals surface area (Å²) in [5, 5.41) is 0. The van der Waals surface area contributed by atoms with Crippen LogP contribution < -0.4 is 9.64 Å². The molecule has 172 valence electrons. The van der Waals surface area contributed by atoms with Crippen molar-refractivity contribution in [2.75, 3.05) is 31.1 Å². The Labute approximate surface area is 190 Å². The molecule has 0 N–H and O–H groups in total. The number of ether oxygens (including phenoxy) is 1. The van der Waals surface area contributed by atoms with E-state index in [1.165, 1.54) is 6.07 Å². The van der Waals surface area contributed by atoms with E-state index in [1.807, 2.05) is 59.5 Å². The third kappa shape index (κ3) is 5.45. The summed E-state index contributed by atoms with van der Waals surface area (Å²) in [6, 6.07) is 20.0. The molecule has 33 heavy (non-hydrogen) atoms. The highest BCUT2D eigenvalue weighted by molar-refractivity contribution is 5.81. The SMILES string of the molecule is CC(Oc1ccc(-c2ccccc2)cc1)C(=O)N1CCN(c2ccc(C(F)(F)F)cn2)CC1. The molecule has 0 radical (unpaired) electrons. The molecule has 0 bridgehead atoms. The summed E-state index contributed by atoms with van der Waals surface area (Å²) in [5.74, 6) is 0.961. The minimum Gasteiger partial charge on any atom is -0.481 e. The molecule has 2 heterocycles. The van der Waals surface area contributed by atoms with Crippen molar-refractivity contribution >= 4 is 11.7 Å². The van der Waals surface area contributed by atoms with Crippen LogP contribution in [0.1, 0.15) is 12.5 Å². The quantitative estimate of drug-likeness (QED) is 0.550. The highest BCUT2D eigenvalue weighted by atomic mass is 19.4. The summed E-state index contributed by atoms with van der Waals surface area (Å²) in [5.41, 5.74) is 1.39. The maximum Gasteiger partial charge on any atom is 0.417 e. The van der Waals surface area contributed by atoms with Crippen LogP contribution in [0.2, 0.25) is 0 Å². The zero-order valence-corrected chi connectivity index (χ0v) is 18.1. The number of benzene rings is 2. The fourth-order valence-electron chi connectivity index (χ4n) is 3.76. The highest BCUT2D eigenvalue weighted by Crippen LogP contribution is 2.29. The van der Waals surface area contributed by atoms with Crippen LogP contribution in [0, 0.1) is 0 Å². The molecule has 4 rings (SSSR count). The van der Waals surface area contributed by atoms with Crippen molar-refractivity contribution in [1.82, 2.24) is 9.88 Å². The predicted octanol–water partition coefficient (Wildman–Crippen LogP) is 4.88. The van der Waals surface area contributed by atoms with Crippen LogP contribution in [0.25, 0.3) is 11.1 Å². The van der Waals surface area contributed by atoms with Crippen LogP contribution >= 0.6 is 0 Å². The second-order valence-corrected chi connectivity index (χ2v) is 7.87. The van der Waals surface area contributed by atoms with E-state index in [-0.39, 0.29) is 5.91 Å². The minimum atomic E-state index is -4.41. The first-order valence-corrected chi connectivity index (χ1v) is 10.7. The molecule has 0 saturated carbocycles. The number of amides is 1. The third-order valence-corrected chi connectivity index (χ3v) is 5.61. The summed E-state index contributed by atoms with van der Waals surface area (Å²) in [6.07, 6.45) is -4.22. The van der Waals surface area contributed by atoms with Gasteiger partial charge in [-0.3, -0.25) is 4.79 Å². The molecule has 0 spiro atoms. The zero-order valence-electron chi connectivity index (χ0n) is 18.1. The number of aromatic nitrogens is 1. The van der Waals surface area contributed by atoms with E-state index in [1.54, 1.807) is 11.8 Å². The molecule has 8 heteroatoms. The van der Waals surface area contributed by atoms with Gasteiger partial charge in [0.15, 0.2) is 6.10 Å². The van der Waals surface area contributed by atoms with Crippen molar-refractivity contribution in [3.63, 3.8) is 0 Å². The van der Waals surface area contributed by atoms with Gasteiger partial charge in [-0.05, 0) is 42.3 Å². The summed E-state index contributed by atoms with van der Waals surface area (Å²) >= 11 is 0. The average Bonchev–Trinajstić information content (AvgIpc) is 2.84. The Hall–Kier alpha value is -3.55. The van der Waals surface area contributed by atoms with Crippen molar-refractivity contribution in [1.29, 1.82) is 0 Å². The number of hydrogen-bond donors (Lipinski definition) is 0. The number of alkyl halides is 3. The van der Waals surface area contributed by atoms with Gasteiger partial charge in [-0.1, -0.05) is 42.5 Å². The lowest BCUT2D eigenvalue weighted by Gasteiger charge is -2.36. The number of piperazine rings is 1. The fourth-order valence-corrected chi connectivity index (χ4v) is 3.76. The van der Waals surface area contributed by atoms with Crippen molar-refractivity contribution in [2.24, 2.45) is 0 Å². The van der Waals surface area contributed by atoms with E-state index in [2.05, 4.69) is 4.98 Å². The summed E-state index contributed by atoms with van der Waals surface area (Å²) < 4.78 is 44.0. The lowest BCUT2D eigenvalue weighted by Crippen LogP contribution is -2.52. The molecule has 5 nitrogen and oxygen atoms in total. The van der Waals surface area contributed by atoms with E-state index in [0.29, 0.717) is 37.7 Å². The van der Waals surface area contributed by atoms with Crippen molar-refractivity contribution in [3.05, 3.63) is 78.5 Å². The monoisotopic (exact) mass is 455 g/mol. The highest BCUT2D eigenvalue weighted by Gasteiger charge is 2.31. The number of anilines is 1. The van der Waals surface area contributed by atoms with Crippen LogP contribution in [0.4, 0.5) is 19.0 Å². The molecule has 1 aliphatic heterocycles. The van der Waals surface area contributed by atoms with Gasteiger partial charge in [0.25, 0.3) is 5.91 Å². The van der Waals surface area contributed by atoms with E-state index in [0.717, 1.165) is 23.4 Å². The van der Waals surface area contributed by atoms with E-state index in [4.69, 9.17) is 4.74 Å². The van der Waals surface area contributed by atoms with Crippen LogP contribution in [-0.4, -0.2) is 48.1 Å². The molecule has 1 atom stereocenters. The molecule has 3 aromatic rings. The molecule has 1 saturated heterocycles. The first-order chi connectivity index (χ1) is 15.8. The van der Waals surface area contributed by atoms with Gasteiger partial charge in [-0.2, -0.15) is 13.2 Å². The Morgan fingerprint density at radius 2 is 1.55 bits per heavy atom. The third-order valence-electron chi connectivity index (χ3n) is 5.61. The Kier molecular flexibility index (Phi) is 6.53. The first-order valence-electron chi connectivity index (χ1n) is 10.7. The number of rotatable bonds is 5. The Morgan fingerprint density at radius 1 is 0.909 bits per heavy atom. The Morgan fingerprint density at radius 3 is 2.12 bits per heavy atom. The molecule has 1 amide bonds. The Bertz CT molecular complexity index is 1060. The standard InChI is InChI=1S/C25H24F3N3O2/c1-18(33-22-10-7-20(8-11-22)19-5-3-2-4-6-19)24(32)31-15-13-30(14-16-31)23-12-9-21(17-29-23)25(26,27)28/h2-12,17-18H,13-16H2,1H3. The maximum atomic E-state index is 12.8. The average molecular weight is 455 g/mol. The van der Waals surface area contributed by atoms with Crippen LogP contribution in [0.3, 0.4) is 0 Å². The second-order valence-electron chi connectivity index (χ2n) is 7.87. The summed E-state index contributed by atoms with van der Waals surface area (Å²) in [6.45, 7) is 3.59. The van der Waals surface area contributed by atoms with Crippen molar-refractivity contribution in [3.8, 4) is 16.9 Å². The minimum absolute atomic E-state index is 0.123. The molecule has 0 aliphatic carbocycles. The number of carbonyl (C=O) groups is 1. The van der Waals surface area contributed by atoms with Crippen LogP contribution in [0.5, 0.6) is 5.75 Å². The number of halogens is 3. The van der Waals surface area contributed by atoms with Gasteiger partial charge in [-0.15, -0.1) is 0 Å². The van der Waals surface area contributed by atoms with E-state index < -0.39 is 17.8 Å². The Balaban J connectivity index is 1.30. The van der Waals surface area contributed by atoms with Gasteiger partial charge < -0.3 is 14.5 Å². The van der Waals surface area contributed by atoms with Gasteiger partial charge in [0.05, 0.1) is 5.56 Å². The molecule has 1 aromatic heterocycles. The number of nitrogens with zero attached hydrogens (tertiary/aromatic N) is 3. The molecule has 2 aromatic carbocycles. The van der Waals surface area contributed by atoms with Gasteiger partial charge >= 0.3 is 6.18 Å². The van der Waals surface area contributed by atoms with Crippen LogP contribution in [0.15, 0.2) is 72.9 Å². The molecule has 1 unspecified atom stereocenters. The number of hydrogen-bond acceptors (Lipinski definition) is 4. The van der Waals surface area contributed by atoms with Crippen LogP contribution in [-0.2, 0) is 11.0 Å². The van der Waals surface area contributed by atoms with Crippen molar-refractivity contribution in [2.45, 2.75) is 19.2 Å². The second kappa shape index (κ2) is 9.52. The van der Waals surface area contributed by atoms with Gasteiger partial charge in [0.2, 0.25) is 0 Å². The lowest BCUT2D eigenvalue weighted by molar-refractivity contribution is -0.138. The summed E-state index contributed by atoms with van der Waals surface area (Å²) in [4.78, 5) is 20.4. The largest absolute Gasteiger partial charge is 0.481 e. The number of pyridine rings is 1. The maximum absolute atomic E-state index is 12.8. The van der Waals surface area contributed by atoms with Gasteiger partial charge in [0, 0.05) is 32.4 Å². The number of carbonyl (C=O) groups excluding carboxylic acids is 1. The fraction of sp³-hybridized carbons (Fsp3) is 0.280. The topological polar surface area (TPSA) is 45.7 Å². The smallest absolute Gasteiger partial charge is 0.417 e. The van der Waals surface area contributed by atoms with E-state index in [9.17, 15) is 18.0 Å².